The Morgan fingerprint density at radius 3 is 2.92 bits per heavy atom. The van der Waals surface area contributed by atoms with Gasteiger partial charge in [0.1, 0.15) is 11.9 Å². The number of carbonyl (C=O) groups is 2. The minimum Gasteiger partial charge on any atom is -0.467 e. The summed E-state index contributed by atoms with van der Waals surface area (Å²) in [4.78, 5) is 44.6. The van der Waals surface area contributed by atoms with Crippen molar-refractivity contribution in [2.45, 2.75) is 25.2 Å². The molecule has 0 spiro atoms. The van der Waals surface area contributed by atoms with E-state index in [-0.39, 0.29) is 24.0 Å². The zero-order chi connectivity index (χ0) is 18.6. The van der Waals surface area contributed by atoms with Gasteiger partial charge < -0.3 is 20.1 Å². The standard InChI is InChI=1S/C15H19N5O5/c1-4-7-19(2)11-12(17-15(16)18-13(11)22)20(8-21)10-6-5-9(25-10)14(23)24-3/h1,8-10H,5-7H2,2-3H3,(H3,16,17,18,22). The number of rotatable bonds is 6. The number of H-pyrrole nitrogens is 1. The average molecular weight is 349 g/mol. The minimum absolute atomic E-state index is 0.00418. The first-order valence-corrected chi connectivity index (χ1v) is 7.44. The maximum absolute atomic E-state index is 12.3. The van der Waals surface area contributed by atoms with E-state index in [4.69, 9.17) is 16.9 Å². The third-order valence-electron chi connectivity index (χ3n) is 3.73. The van der Waals surface area contributed by atoms with E-state index in [2.05, 4.69) is 20.6 Å². The van der Waals surface area contributed by atoms with Gasteiger partial charge in [0.15, 0.2) is 11.9 Å². The van der Waals surface area contributed by atoms with Crippen molar-refractivity contribution < 1.29 is 19.1 Å². The quantitative estimate of drug-likeness (QED) is 0.382. The zero-order valence-corrected chi connectivity index (χ0v) is 13.9. The Kier molecular flexibility index (Phi) is 5.61. The maximum Gasteiger partial charge on any atom is 0.335 e. The summed E-state index contributed by atoms with van der Waals surface area (Å²) < 4.78 is 10.2. The fourth-order valence-electron chi connectivity index (χ4n) is 2.60. The first-order valence-electron chi connectivity index (χ1n) is 7.44. The zero-order valence-electron chi connectivity index (χ0n) is 13.9. The van der Waals surface area contributed by atoms with Gasteiger partial charge in [0.05, 0.1) is 13.7 Å². The molecule has 2 heterocycles. The van der Waals surface area contributed by atoms with Crippen molar-refractivity contribution in [2.75, 3.05) is 36.2 Å². The van der Waals surface area contributed by atoms with Gasteiger partial charge in [0.25, 0.3) is 5.56 Å². The number of nitrogens with two attached hydrogens (primary N) is 1. The largest absolute Gasteiger partial charge is 0.467 e. The molecule has 1 amide bonds. The maximum atomic E-state index is 12.3. The average Bonchev–Trinajstić information content (AvgIpc) is 3.04. The fraction of sp³-hybridized carbons (Fsp3) is 0.467. The molecule has 2 rings (SSSR count). The molecule has 0 saturated carbocycles. The molecule has 0 aromatic carbocycles. The molecule has 1 saturated heterocycles. The molecule has 2 atom stereocenters. The highest BCUT2D eigenvalue weighted by atomic mass is 16.6. The molecule has 10 nitrogen and oxygen atoms in total. The molecule has 1 aromatic heterocycles. The first-order chi connectivity index (χ1) is 11.9. The van der Waals surface area contributed by atoms with Crippen LogP contribution >= 0.6 is 0 Å². The Hall–Kier alpha value is -3.06. The molecule has 1 fully saturated rings. The van der Waals surface area contributed by atoms with Crippen LogP contribution in [0.2, 0.25) is 0 Å². The van der Waals surface area contributed by atoms with Gasteiger partial charge in [-0.2, -0.15) is 4.98 Å². The number of terminal acetylenes is 1. The summed E-state index contributed by atoms with van der Waals surface area (Å²) in [5.41, 5.74) is 5.13. The number of nitrogen functional groups attached to an aromatic ring is 1. The van der Waals surface area contributed by atoms with Crippen LogP contribution in [0.25, 0.3) is 0 Å². The van der Waals surface area contributed by atoms with Gasteiger partial charge >= 0.3 is 5.97 Å². The number of nitrogens with zero attached hydrogens (tertiary/aromatic N) is 3. The van der Waals surface area contributed by atoms with E-state index >= 15 is 0 Å². The van der Waals surface area contributed by atoms with Crippen LogP contribution in [-0.4, -0.2) is 55.4 Å². The Labute approximate surface area is 143 Å². The summed E-state index contributed by atoms with van der Waals surface area (Å²) in [6.45, 7) is 0.116. The van der Waals surface area contributed by atoms with Crippen molar-refractivity contribution in [3.8, 4) is 12.3 Å². The lowest BCUT2D eigenvalue weighted by molar-refractivity contribution is -0.153. The van der Waals surface area contributed by atoms with Crippen molar-refractivity contribution in [2.24, 2.45) is 0 Å². The predicted octanol–water partition coefficient (Wildman–Crippen LogP) is -0.938. The van der Waals surface area contributed by atoms with E-state index in [0.29, 0.717) is 19.3 Å². The third kappa shape index (κ3) is 3.72. The molecule has 1 aliphatic rings. The van der Waals surface area contributed by atoms with Crippen LogP contribution < -0.4 is 21.1 Å². The number of ether oxygens (including phenoxy) is 2. The van der Waals surface area contributed by atoms with Gasteiger partial charge in [0, 0.05) is 7.05 Å². The molecule has 0 radical (unpaired) electrons. The van der Waals surface area contributed by atoms with Crippen LogP contribution in [0.4, 0.5) is 17.5 Å². The number of amides is 1. The van der Waals surface area contributed by atoms with Crippen molar-refractivity contribution in [1.29, 1.82) is 0 Å². The van der Waals surface area contributed by atoms with Crippen LogP contribution in [0.3, 0.4) is 0 Å². The molecule has 2 unspecified atom stereocenters. The van der Waals surface area contributed by atoms with Crippen LogP contribution in [-0.2, 0) is 19.1 Å². The number of aromatic nitrogens is 2. The van der Waals surface area contributed by atoms with E-state index in [1.54, 1.807) is 7.05 Å². The number of hydrogen-bond donors (Lipinski definition) is 2. The normalized spacial score (nSPS) is 19.1. The first kappa shape index (κ1) is 18.3. The van der Waals surface area contributed by atoms with E-state index in [0.717, 1.165) is 4.90 Å². The lowest BCUT2D eigenvalue weighted by Gasteiger charge is -2.27. The number of esters is 1. The van der Waals surface area contributed by atoms with Crippen LogP contribution in [0.5, 0.6) is 0 Å². The van der Waals surface area contributed by atoms with Gasteiger partial charge in [-0.25, -0.2) is 4.79 Å². The molecule has 0 aliphatic carbocycles. The number of aromatic amines is 1. The van der Waals surface area contributed by atoms with Crippen molar-refractivity contribution in [3.05, 3.63) is 10.4 Å². The summed E-state index contributed by atoms with van der Waals surface area (Å²) in [6.07, 6.45) is 4.92. The van der Waals surface area contributed by atoms with Crippen molar-refractivity contribution >= 4 is 29.8 Å². The van der Waals surface area contributed by atoms with Gasteiger partial charge in [0.2, 0.25) is 12.4 Å². The van der Waals surface area contributed by atoms with E-state index in [1.165, 1.54) is 12.0 Å². The lowest BCUT2D eigenvalue weighted by atomic mass is 10.2. The molecule has 1 aliphatic heterocycles. The summed E-state index contributed by atoms with van der Waals surface area (Å²) in [7, 11) is 2.84. The number of anilines is 3. The molecule has 3 N–H and O–H groups in total. The monoisotopic (exact) mass is 349 g/mol. The Morgan fingerprint density at radius 2 is 2.32 bits per heavy atom. The van der Waals surface area contributed by atoms with E-state index in [1.807, 2.05) is 0 Å². The highest BCUT2D eigenvalue weighted by Crippen LogP contribution is 2.30. The second kappa shape index (κ2) is 7.67. The Bertz CT molecular complexity index is 756. The Balaban J connectivity index is 2.41. The van der Waals surface area contributed by atoms with Gasteiger partial charge in [-0.3, -0.25) is 19.5 Å². The highest BCUT2D eigenvalue weighted by molar-refractivity contribution is 5.82. The summed E-state index contributed by atoms with van der Waals surface area (Å²) in [6, 6.07) is 0. The fourth-order valence-corrected chi connectivity index (χ4v) is 2.60. The topological polar surface area (TPSA) is 131 Å². The molecule has 1 aromatic rings. The second-order valence-corrected chi connectivity index (χ2v) is 5.38. The number of hydrogen-bond acceptors (Lipinski definition) is 8. The number of methoxy groups -OCH3 is 1. The lowest BCUT2D eigenvalue weighted by Crippen LogP contribution is -2.39. The molecule has 10 heteroatoms. The van der Waals surface area contributed by atoms with Crippen LogP contribution in [0.1, 0.15) is 12.8 Å². The van der Waals surface area contributed by atoms with Crippen LogP contribution in [0, 0.1) is 12.3 Å². The van der Waals surface area contributed by atoms with Gasteiger partial charge in [-0.1, -0.05) is 5.92 Å². The molecule has 0 bridgehead atoms. The summed E-state index contributed by atoms with van der Waals surface area (Å²) in [5, 5.41) is 0. The smallest absolute Gasteiger partial charge is 0.335 e. The number of carbonyl (C=O) groups excluding carboxylic acids is 2. The highest BCUT2D eigenvalue weighted by Gasteiger charge is 2.37. The summed E-state index contributed by atoms with van der Waals surface area (Å²) in [5.74, 6) is 1.72. The van der Waals surface area contributed by atoms with Gasteiger partial charge in [-0.15, -0.1) is 6.42 Å². The molecule has 134 valence electrons. The van der Waals surface area contributed by atoms with Gasteiger partial charge in [-0.05, 0) is 12.8 Å². The minimum atomic E-state index is -0.788. The van der Waals surface area contributed by atoms with Crippen molar-refractivity contribution in [3.63, 3.8) is 0 Å². The molecular formula is C15H19N5O5. The summed E-state index contributed by atoms with van der Waals surface area (Å²) >= 11 is 0. The second-order valence-electron chi connectivity index (χ2n) is 5.38. The van der Waals surface area contributed by atoms with Crippen molar-refractivity contribution in [1.82, 2.24) is 9.97 Å². The molecular weight excluding hydrogens is 330 g/mol. The number of nitrogens with one attached hydrogen (secondary N) is 1. The Morgan fingerprint density at radius 1 is 1.60 bits per heavy atom. The predicted molar refractivity (Wildman–Crippen MR) is 89.8 cm³/mol. The van der Waals surface area contributed by atoms with E-state index < -0.39 is 23.9 Å². The third-order valence-corrected chi connectivity index (χ3v) is 3.73. The molecule has 25 heavy (non-hydrogen) atoms. The van der Waals surface area contributed by atoms with E-state index in [9.17, 15) is 14.4 Å². The SMILES string of the molecule is C#CCN(C)c1c(N(C=O)C2CCC(C(=O)OC)O2)nc(N)[nH]c1=O. The van der Waals surface area contributed by atoms with Crippen LogP contribution in [0.15, 0.2) is 4.79 Å².